The lowest BCUT2D eigenvalue weighted by atomic mass is 9.53. The molecule has 4 aliphatic carbocycles. The van der Waals surface area contributed by atoms with Crippen LogP contribution in [-0.2, 0) is 4.79 Å². The normalized spacial score (nSPS) is 30.4. The van der Waals surface area contributed by atoms with Crippen molar-refractivity contribution in [3.63, 3.8) is 0 Å². The highest BCUT2D eigenvalue weighted by Gasteiger charge is 2.78. The van der Waals surface area contributed by atoms with Gasteiger partial charge in [-0.1, -0.05) is 42.8 Å². The lowest BCUT2D eigenvalue weighted by Gasteiger charge is -2.53. The highest BCUT2D eigenvalue weighted by Crippen LogP contribution is 2.68. The number of alkyl halides is 5. The summed E-state index contributed by atoms with van der Waals surface area (Å²) in [5.41, 5.74) is -0.0482. The Morgan fingerprint density at radius 1 is 0.816 bits per heavy atom. The van der Waals surface area contributed by atoms with Gasteiger partial charge in [-0.15, -0.1) is 0 Å². The van der Waals surface area contributed by atoms with E-state index < -0.39 is 35.5 Å². The smallest absolute Gasteiger partial charge is 0.383 e. The molecule has 5 atom stereocenters. The predicted molar refractivity (Wildman–Crippen MR) is 171 cm³/mol. The van der Waals surface area contributed by atoms with Gasteiger partial charge < -0.3 is 14.9 Å². The van der Waals surface area contributed by atoms with E-state index in [1.54, 1.807) is 40.1 Å². The molecule has 2 aromatic carbocycles. The van der Waals surface area contributed by atoms with Gasteiger partial charge in [-0.25, -0.2) is 0 Å². The van der Waals surface area contributed by atoms with Crippen molar-refractivity contribution in [2.24, 2.45) is 17.3 Å². The number of fused-ring (bicyclic) bond motifs is 4. The second-order valence-electron chi connectivity index (χ2n) is 14.5. The molecule has 0 aromatic heterocycles. The number of rotatable bonds is 4. The zero-order valence-electron chi connectivity index (χ0n) is 27.2. The quantitative estimate of drug-likeness (QED) is 0.349. The molecule has 260 valence electrons. The van der Waals surface area contributed by atoms with Crippen molar-refractivity contribution in [1.82, 2.24) is 9.80 Å². The third kappa shape index (κ3) is 5.25. The van der Waals surface area contributed by atoms with Crippen LogP contribution >= 0.6 is 0 Å². The molecule has 49 heavy (non-hydrogen) atoms. The molecule has 0 radical (unpaired) electrons. The van der Waals surface area contributed by atoms with Gasteiger partial charge in [0.25, 0.3) is 11.8 Å². The Hall–Kier alpha value is -3.86. The molecule has 7 rings (SSSR count). The number of piperazine rings is 1. The van der Waals surface area contributed by atoms with Gasteiger partial charge >= 0.3 is 12.1 Å². The summed E-state index contributed by atoms with van der Waals surface area (Å²) in [5.74, 6) is -6.65. The van der Waals surface area contributed by atoms with Crippen LogP contribution in [0.5, 0.6) is 0 Å². The van der Waals surface area contributed by atoms with Gasteiger partial charge in [-0.3, -0.25) is 14.4 Å². The molecule has 5 aliphatic rings. The summed E-state index contributed by atoms with van der Waals surface area (Å²) in [6.07, 6.45) is -3.31. The van der Waals surface area contributed by atoms with E-state index in [1.807, 2.05) is 30.3 Å². The van der Waals surface area contributed by atoms with Crippen molar-refractivity contribution >= 4 is 17.6 Å². The fraction of sp³-hybridized carbons (Fsp3) is 0.500. The van der Waals surface area contributed by atoms with Gasteiger partial charge in [0.05, 0.1) is 0 Å². The molecule has 2 unspecified atom stereocenters. The first-order chi connectivity index (χ1) is 23.2. The first-order valence-corrected chi connectivity index (χ1v) is 17.0. The number of carbonyl (C=O) groups excluding carboxylic acids is 3. The van der Waals surface area contributed by atoms with Crippen molar-refractivity contribution in [2.75, 3.05) is 26.2 Å². The van der Waals surface area contributed by atoms with E-state index in [1.165, 1.54) is 6.92 Å². The number of aliphatic hydroxyl groups is 1. The first-order valence-electron chi connectivity index (χ1n) is 17.0. The number of ketones is 1. The second-order valence-corrected chi connectivity index (χ2v) is 14.5. The number of carbonyl (C=O) groups is 3. The SMILES string of the molecule is C[C@]12CCC3=C4C(=CC(=O)CC4c4ccc(C(=O)N5CCN(C(=O)c6ccccc6)CC5)cc4)CC[C@H]3[C@@H]1CCC2(O)C(F)(F)C(F)(F)F. The number of benzene rings is 2. The van der Waals surface area contributed by atoms with Crippen molar-refractivity contribution in [3.05, 3.63) is 94.1 Å². The molecule has 2 amide bonds. The van der Waals surface area contributed by atoms with Crippen LogP contribution in [0.3, 0.4) is 0 Å². The van der Waals surface area contributed by atoms with Crippen LogP contribution < -0.4 is 0 Å². The molecule has 0 bridgehead atoms. The molecule has 6 nitrogen and oxygen atoms in total. The van der Waals surface area contributed by atoms with E-state index >= 15 is 0 Å². The van der Waals surface area contributed by atoms with Crippen LogP contribution in [0.15, 0.2) is 77.4 Å². The van der Waals surface area contributed by atoms with E-state index in [0.29, 0.717) is 50.1 Å². The third-order valence-corrected chi connectivity index (χ3v) is 12.2. The average Bonchev–Trinajstić information content (AvgIpc) is 3.38. The maximum absolute atomic E-state index is 14.9. The predicted octanol–water partition coefficient (Wildman–Crippen LogP) is 7.11. The van der Waals surface area contributed by atoms with Crippen LogP contribution in [-0.4, -0.2) is 76.4 Å². The zero-order valence-corrected chi connectivity index (χ0v) is 27.2. The van der Waals surface area contributed by atoms with Gasteiger partial charge in [0.15, 0.2) is 5.78 Å². The molecule has 3 fully saturated rings. The number of amides is 2. The molecule has 1 saturated heterocycles. The van der Waals surface area contributed by atoms with Gasteiger partial charge in [0.2, 0.25) is 0 Å². The summed E-state index contributed by atoms with van der Waals surface area (Å²) >= 11 is 0. The Morgan fingerprint density at radius 2 is 1.41 bits per heavy atom. The largest absolute Gasteiger partial charge is 0.456 e. The Bertz CT molecular complexity index is 1730. The summed E-state index contributed by atoms with van der Waals surface area (Å²) in [6, 6.07) is 16.2. The molecule has 2 saturated carbocycles. The highest BCUT2D eigenvalue weighted by atomic mass is 19.4. The third-order valence-electron chi connectivity index (χ3n) is 12.2. The summed E-state index contributed by atoms with van der Waals surface area (Å²) in [5, 5.41) is 11.2. The van der Waals surface area contributed by atoms with Crippen molar-refractivity contribution < 1.29 is 41.4 Å². The van der Waals surface area contributed by atoms with Crippen LogP contribution in [0, 0.1) is 17.3 Å². The molecule has 1 aliphatic heterocycles. The van der Waals surface area contributed by atoms with Crippen molar-refractivity contribution in [3.8, 4) is 0 Å². The first kappa shape index (κ1) is 33.6. The Kier molecular flexibility index (Phi) is 8.16. The molecule has 1 heterocycles. The summed E-state index contributed by atoms with van der Waals surface area (Å²) in [7, 11) is 0. The van der Waals surface area contributed by atoms with Crippen molar-refractivity contribution in [2.45, 2.75) is 75.5 Å². The standard InChI is InChI=1S/C38H39F5N2O4/c1-35-15-13-29-28(31(35)14-16-36(35,49)37(39,40)38(41,42)43)12-11-26-21-27(46)22-30(32(26)29)23-7-9-25(10-8-23)34(48)45-19-17-44(18-20-45)33(47)24-5-3-2-4-6-24/h2-10,21,28,30-31,49H,11-20,22H2,1H3/t28-,30?,31+,35+,36?/m1/s1. The van der Waals surface area contributed by atoms with Crippen molar-refractivity contribution in [1.29, 1.82) is 0 Å². The topological polar surface area (TPSA) is 77.9 Å². The molecule has 1 N–H and O–H groups in total. The molecular formula is C38H39F5N2O4. The van der Waals surface area contributed by atoms with Crippen LogP contribution in [0.25, 0.3) is 0 Å². The Labute approximate surface area is 281 Å². The molecular weight excluding hydrogens is 643 g/mol. The number of nitrogens with zero attached hydrogens (tertiary/aromatic N) is 2. The van der Waals surface area contributed by atoms with Crippen LogP contribution in [0.4, 0.5) is 22.0 Å². The Balaban J connectivity index is 1.10. The average molecular weight is 683 g/mol. The van der Waals surface area contributed by atoms with E-state index in [-0.39, 0.29) is 55.1 Å². The monoisotopic (exact) mass is 682 g/mol. The van der Waals surface area contributed by atoms with E-state index in [4.69, 9.17) is 0 Å². The van der Waals surface area contributed by atoms with Gasteiger partial charge in [0, 0.05) is 55.1 Å². The van der Waals surface area contributed by atoms with Gasteiger partial charge in [-0.2, -0.15) is 22.0 Å². The zero-order chi connectivity index (χ0) is 34.9. The molecule has 2 aromatic rings. The maximum atomic E-state index is 14.9. The van der Waals surface area contributed by atoms with Gasteiger partial charge in [-0.05, 0) is 97.4 Å². The molecule has 11 heteroatoms. The van der Waals surface area contributed by atoms with E-state index in [9.17, 15) is 41.4 Å². The minimum atomic E-state index is -5.86. The number of hydrogen-bond acceptors (Lipinski definition) is 4. The van der Waals surface area contributed by atoms with E-state index in [0.717, 1.165) is 22.3 Å². The van der Waals surface area contributed by atoms with Crippen LogP contribution in [0.2, 0.25) is 0 Å². The fourth-order valence-electron chi connectivity index (χ4n) is 9.60. The minimum absolute atomic E-state index is 0.0131. The number of halogens is 5. The minimum Gasteiger partial charge on any atom is -0.383 e. The number of allylic oxidation sites excluding steroid dienone is 4. The summed E-state index contributed by atoms with van der Waals surface area (Å²) < 4.78 is 70.5. The van der Waals surface area contributed by atoms with E-state index in [2.05, 4.69) is 0 Å². The lowest BCUT2D eigenvalue weighted by molar-refractivity contribution is -0.362. The highest BCUT2D eigenvalue weighted by molar-refractivity contribution is 5.96. The van der Waals surface area contributed by atoms with Crippen LogP contribution in [0.1, 0.15) is 84.1 Å². The van der Waals surface area contributed by atoms with Gasteiger partial charge in [0.1, 0.15) is 5.60 Å². The number of hydrogen-bond donors (Lipinski definition) is 1. The maximum Gasteiger partial charge on any atom is 0.456 e. The Morgan fingerprint density at radius 3 is 2.00 bits per heavy atom. The summed E-state index contributed by atoms with van der Waals surface area (Å²) in [4.78, 5) is 42.6. The fourth-order valence-corrected chi connectivity index (χ4v) is 9.60. The molecule has 0 spiro atoms. The summed E-state index contributed by atoms with van der Waals surface area (Å²) in [6.45, 7) is 3.02. The second kappa shape index (κ2) is 11.9. The lowest BCUT2D eigenvalue weighted by Crippen LogP contribution is -2.64.